The first-order valence-electron chi connectivity index (χ1n) is 9.11. The van der Waals surface area contributed by atoms with E-state index in [1.165, 1.54) is 0 Å². The number of carbonyl (C=O) groups is 1. The number of benzene rings is 2. The first-order valence-corrected chi connectivity index (χ1v) is 9.49. The summed E-state index contributed by atoms with van der Waals surface area (Å²) in [6.45, 7) is 2.00. The molecule has 0 radical (unpaired) electrons. The minimum absolute atomic E-state index is 0.198. The van der Waals surface area contributed by atoms with Crippen LogP contribution in [0.25, 0.3) is 22.2 Å². The van der Waals surface area contributed by atoms with Crippen LogP contribution in [0.4, 0.5) is 0 Å². The molecular weight excluding hydrogens is 344 g/mol. The molecule has 1 fully saturated rings. The van der Waals surface area contributed by atoms with Gasteiger partial charge in [-0.2, -0.15) is 0 Å². The topological polar surface area (TPSA) is 42.0 Å². The highest BCUT2D eigenvalue weighted by molar-refractivity contribution is 6.33. The largest absolute Gasteiger partial charge is 0.317 e. The molecule has 0 amide bonds. The van der Waals surface area contributed by atoms with Crippen molar-refractivity contribution >= 4 is 28.3 Å². The molecule has 3 nitrogen and oxygen atoms in total. The number of piperidine rings is 1. The van der Waals surface area contributed by atoms with Gasteiger partial charge in [-0.1, -0.05) is 48.0 Å². The number of aromatic nitrogens is 1. The Morgan fingerprint density at radius 3 is 2.62 bits per heavy atom. The SMILES string of the molecule is O=C(CC1CCNCC1)c1cc(-c2ccccc2Cl)nc2ccccc12. The van der Waals surface area contributed by atoms with E-state index in [-0.39, 0.29) is 5.78 Å². The summed E-state index contributed by atoms with van der Waals surface area (Å²) in [5.41, 5.74) is 3.20. The Hall–Kier alpha value is -2.23. The lowest BCUT2D eigenvalue weighted by atomic mass is 9.89. The fraction of sp³-hybridized carbons (Fsp3) is 0.273. The molecule has 26 heavy (non-hydrogen) atoms. The second-order valence-electron chi connectivity index (χ2n) is 6.87. The normalized spacial score (nSPS) is 15.3. The molecule has 2 heterocycles. The number of nitrogens with zero attached hydrogens (tertiary/aromatic N) is 1. The zero-order valence-electron chi connectivity index (χ0n) is 14.5. The van der Waals surface area contributed by atoms with Crippen molar-refractivity contribution in [1.29, 1.82) is 0 Å². The van der Waals surface area contributed by atoms with E-state index in [4.69, 9.17) is 16.6 Å². The minimum Gasteiger partial charge on any atom is -0.317 e. The summed E-state index contributed by atoms with van der Waals surface area (Å²) < 4.78 is 0. The molecule has 1 aliphatic rings. The first-order chi connectivity index (χ1) is 12.7. The van der Waals surface area contributed by atoms with Crippen molar-refractivity contribution in [3.63, 3.8) is 0 Å². The van der Waals surface area contributed by atoms with Gasteiger partial charge in [0.15, 0.2) is 5.78 Å². The second-order valence-corrected chi connectivity index (χ2v) is 7.28. The molecule has 0 spiro atoms. The number of nitrogens with one attached hydrogen (secondary N) is 1. The molecule has 2 aromatic carbocycles. The van der Waals surface area contributed by atoms with Gasteiger partial charge in [-0.05, 0) is 50.0 Å². The molecule has 0 bridgehead atoms. The molecular formula is C22H21ClN2O. The summed E-state index contributed by atoms with van der Waals surface area (Å²) in [6, 6.07) is 17.4. The fourth-order valence-electron chi connectivity index (χ4n) is 3.67. The highest BCUT2D eigenvalue weighted by atomic mass is 35.5. The summed E-state index contributed by atoms with van der Waals surface area (Å²) >= 11 is 6.37. The third kappa shape index (κ3) is 3.50. The van der Waals surface area contributed by atoms with Gasteiger partial charge in [0.25, 0.3) is 0 Å². The maximum atomic E-state index is 13.1. The second kappa shape index (κ2) is 7.56. The van der Waals surface area contributed by atoms with Crippen LogP contribution in [0, 0.1) is 5.92 Å². The molecule has 1 aromatic heterocycles. The number of Topliss-reactive ketones (excluding diaryl/α,β-unsaturated/α-hetero) is 1. The van der Waals surface area contributed by atoms with Crippen molar-refractivity contribution in [1.82, 2.24) is 10.3 Å². The van der Waals surface area contributed by atoms with Crippen LogP contribution in [0.15, 0.2) is 54.6 Å². The van der Waals surface area contributed by atoms with Crippen LogP contribution in [-0.4, -0.2) is 23.9 Å². The summed E-state index contributed by atoms with van der Waals surface area (Å²) in [7, 11) is 0. The number of fused-ring (bicyclic) bond motifs is 1. The van der Waals surface area contributed by atoms with E-state index in [1.54, 1.807) is 0 Å². The number of carbonyl (C=O) groups excluding carboxylic acids is 1. The predicted octanol–water partition coefficient (Wildman–Crippen LogP) is 5.13. The molecule has 4 rings (SSSR count). The number of ketones is 1. The predicted molar refractivity (Wildman–Crippen MR) is 107 cm³/mol. The third-order valence-electron chi connectivity index (χ3n) is 5.10. The van der Waals surface area contributed by atoms with E-state index in [9.17, 15) is 4.79 Å². The Morgan fingerprint density at radius 1 is 1.08 bits per heavy atom. The quantitative estimate of drug-likeness (QED) is 0.653. The van der Waals surface area contributed by atoms with Gasteiger partial charge in [0.2, 0.25) is 0 Å². The van der Waals surface area contributed by atoms with Crippen molar-refractivity contribution in [2.45, 2.75) is 19.3 Å². The molecule has 1 saturated heterocycles. The summed E-state index contributed by atoms with van der Waals surface area (Å²) in [5.74, 6) is 0.656. The number of rotatable bonds is 4. The molecule has 3 aromatic rings. The zero-order valence-corrected chi connectivity index (χ0v) is 15.3. The Morgan fingerprint density at radius 2 is 1.81 bits per heavy atom. The lowest BCUT2D eigenvalue weighted by Gasteiger charge is -2.22. The monoisotopic (exact) mass is 364 g/mol. The third-order valence-corrected chi connectivity index (χ3v) is 5.43. The van der Waals surface area contributed by atoms with Crippen molar-refractivity contribution in [2.24, 2.45) is 5.92 Å². The van der Waals surface area contributed by atoms with Gasteiger partial charge >= 0.3 is 0 Å². The average Bonchev–Trinajstić information content (AvgIpc) is 2.68. The summed E-state index contributed by atoms with van der Waals surface area (Å²) in [6.07, 6.45) is 2.72. The molecule has 1 aliphatic heterocycles. The summed E-state index contributed by atoms with van der Waals surface area (Å²) in [5, 5.41) is 4.92. The molecule has 4 heteroatoms. The average molecular weight is 365 g/mol. The van der Waals surface area contributed by atoms with Gasteiger partial charge < -0.3 is 5.32 Å². The van der Waals surface area contributed by atoms with E-state index in [0.717, 1.165) is 53.7 Å². The van der Waals surface area contributed by atoms with Gasteiger partial charge in [-0.25, -0.2) is 4.98 Å². The van der Waals surface area contributed by atoms with Crippen LogP contribution in [-0.2, 0) is 0 Å². The van der Waals surface area contributed by atoms with Gasteiger partial charge in [-0.15, -0.1) is 0 Å². The minimum atomic E-state index is 0.198. The standard InChI is InChI=1S/C22H21ClN2O/c23-19-7-3-1-6-17(19)21-14-18(16-5-2-4-8-20(16)25-21)22(26)13-15-9-11-24-12-10-15/h1-8,14-15,24H,9-13H2. The van der Waals surface area contributed by atoms with E-state index in [0.29, 0.717) is 17.4 Å². The van der Waals surface area contributed by atoms with Crippen LogP contribution in [0.3, 0.4) is 0 Å². The number of para-hydroxylation sites is 1. The van der Waals surface area contributed by atoms with Gasteiger partial charge in [0.05, 0.1) is 11.2 Å². The Balaban J connectivity index is 1.77. The van der Waals surface area contributed by atoms with E-state index < -0.39 is 0 Å². The molecule has 0 saturated carbocycles. The fourth-order valence-corrected chi connectivity index (χ4v) is 3.90. The number of halogens is 1. The zero-order chi connectivity index (χ0) is 17.9. The van der Waals surface area contributed by atoms with Gasteiger partial charge in [-0.3, -0.25) is 4.79 Å². The van der Waals surface area contributed by atoms with E-state index in [1.807, 2.05) is 54.6 Å². The number of hydrogen-bond acceptors (Lipinski definition) is 3. The van der Waals surface area contributed by atoms with E-state index >= 15 is 0 Å². The molecule has 0 atom stereocenters. The van der Waals surface area contributed by atoms with E-state index in [2.05, 4.69) is 5.32 Å². The van der Waals surface area contributed by atoms with Crippen LogP contribution >= 0.6 is 11.6 Å². The lowest BCUT2D eigenvalue weighted by Crippen LogP contribution is -2.28. The van der Waals surface area contributed by atoms with Crippen molar-refractivity contribution < 1.29 is 4.79 Å². The molecule has 0 aliphatic carbocycles. The maximum Gasteiger partial charge on any atom is 0.163 e. The Bertz CT molecular complexity index is 948. The molecule has 1 N–H and O–H groups in total. The van der Waals surface area contributed by atoms with Crippen LogP contribution in [0.1, 0.15) is 29.6 Å². The van der Waals surface area contributed by atoms with Crippen molar-refractivity contribution in [3.8, 4) is 11.3 Å². The smallest absolute Gasteiger partial charge is 0.163 e. The van der Waals surface area contributed by atoms with Crippen molar-refractivity contribution in [3.05, 3.63) is 65.2 Å². The Kier molecular flexibility index (Phi) is 5.00. The highest BCUT2D eigenvalue weighted by Crippen LogP contribution is 2.31. The van der Waals surface area contributed by atoms with Crippen LogP contribution in [0.5, 0.6) is 0 Å². The van der Waals surface area contributed by atoms with Crippen LogP contribution < -0.4 is 5.32 Å². The molecule has 132 valence electrons. The highest BCUT2D eigenvalue weighted by Gasteiger charge is 2.20. The lowest BCUT2D eigenvalue weighted by molar-refractivity contribution is 0.0954. The first kappa shape index (κ1) is 17.2. The van der Waals surface area contributed by atoms with Gasteiger partial charge in [0, 0.05) is 28.0 Å². The van der Waals surface area contributed by atoms with Gasteiger partial charge in [0.1, 0.15) is 0 Å². The Labute approximate surface area is 158 Å². The summed E-state index contributed by atoms with van der Waals surface area (Å²) in [4.78, 5) is 17.9. The number of pyridine rings is 1. The van der Waals surface area contributed by atoms with Crippen LogP contribution in [0.2, 0.25) is 5.02 Å². The maximum absolute atomic E-state index is 13.1. The number of hydrogen-bond donors (Lipinski definition) is 1. The molecule has 0 unspecified atom stereocenters. The van der Waals surface area contributed by atoms with Crippen molar-refractivity contribution in [2.75, 3.05) is 13.1 Å².